The second kappa shape index (κ2) is 5.71. The van der Waals surface area contributed by atoms with E-state index in [1.165, 1.54) is 12.8 Å². The summed E-state index contributed by atoms with van der Waals surface area (Å²) in [5.74, 6) is -0.394. The Balaban J connectivity index is 2.20. The molecule has 1 fully saturated rings. The normalized spacial score (nSPS) is 19.9. The van der Waals surface area contributed by atoms with Gasteiger partial charge in [-0.3, -0.25) is 4.79 Å². The first kappa shape index (κ1) is 13.4. The fourth-order valence-electron chi connectivity index (χ4n) is 2.35. The highest BCUT2D eigenvalue weighted by Crippen LogP contribution is 2.29. The minimum Gasteiger partial charge on any atom is -0.369 e. The molecule has 1 aliphatic rings. The second-order valence-corrected chi connectivity index (χ2v) is 5.46. The van der Waals surface area contributed by atoms with Crippen molar-refractivity contribution >= 4 is 27.5 Å². The van der Waals surface area contributed by atoms with Crippen LogP contribution in [0.1, 0.15) is 23.2 Å². The monoisotopic (exact) mass is 311 g/mol. The molecular formula is C13H18BrN3O. The van der Waals surface area contributed by atoms with Gasteiger partial charge in [-0.15, -0.1) is 0 Å². The van der Waals surface area contributed by atoms with Crippen molar-refractivity contribution in [1.82, 2.24) is 5.32 Å². The Kier molecular flexibility index (Phi) is 4.24. The molecule has 18 heavy (non-hydrogen) atoms. The quantitative estimate of drug-likeness (QED) is 0.894. The number of benzene rings is 1. The van der Waals surface area contributed by atoms with E-state index in [9.17, 15) is 4.79 Å². The molecule has 1 aliphatic heterocycles. The van der Waals surface area contributed by atoms with Gasteiger partial charge in [0.15, 0.2) is 0 Å². The number of nitrogens with one attached hydrogen (secondary N) is 1. The third-order valence-electron chi connectivity index (χ3n) is 3.40. The number of carbonyl (C=O) groups excluding carboxylic acids is 1. The van der Waals surface area contributed by atoms with Crippen LogP contribution in [0.4, 0.5) is 5.69 Å². The molecule has 5 heteroatoms. The maximum absolute atomic E-state index is 11.1. The number of piperidine rings is 1. The van der Waals surface area contributed by atoms with Crippen molar-refractivity contribution in [2.24, 2.45) is 5.73 Å². The molecule has 0 aromatic heterocycles. The number of anilines is 1. The van der Waals surface area contributed by atoms with Crippen LogP contribution in [-0.2, 0) is 0 Å². The van der Waals surface area contributed by atoms with E-state index in [0.29, 0.717) is 11.6 Å². The molecule has 1 aromatic rings. The van der Waals surface area contributed by atoms with Crippen LogP contribution in [0, 0.1) is 0 Å². The van der Waals surface area contributed by atoms with Crippen LogP contribution >= 0.6 is 15.9 Å². The van der Waals surface area contributed by atoms with Crippen molar-refractivity contribution in [1.29, 1.82) is 0 Å². The summed E-state index contributed by atoms with van der Waals surface area (Å²) in [6.45, 7) is 2.04. The molecule has 98 valence electrons. The molecule has 1 amide bonds. The second-order valence-electron chi connectivity index (χ2n) is 4.60. The Morgan fingerprint density at radius 1 is 1.56 bits per heavy atom. The number of rotatable bonds is 3. The van der Waals surface area contributed by atoms with E-state index in [4.69, 9.17) is 5.73 Å². The van der Waals surface area contributed by atoms with Gasteiger partial charge >= 0.3 is 0 Å². The summed E-state index contributed by atoms with van der Waals surface area (Å²) < 4.78 is 0.926. The van der Waals surface area contributed by atoms with Crippen LogP contribution in [0.25, 0.3) is 0 Å². The molecule has 3 N–H and O–H groups in total. The summed E-state index contributed by atoms with van der Waals surface area (Å²) in [4.78, 5) is 13.4. The van der Waals surface area contributed by atoms with E-state index in [1.807, 2.05) is 13.1 Å². The standard InChI is InChI=1S/C13H18BrN3O/c1-16-10-3-2-6-17(8-10)12-5-4-9(13(15)18)7-11(12)14/h4-5,7,10,16H,2-3,6,8H2,1H3,(H2,15,18). The fraction of sp³-hybridized carbons (Fsp3) is 0.462. The third-order valence-corrected chi connectivity index (χ3v) is 4.04. The minimum absolute atomic E-state index is 0.394. The highest BCUT2D eigenvalue weighted by Gasteiger charge is 2.20. The zero-order valence-corrected chi connectivity index (χ0v) is 12.0. The van der Waals surface area contributed by atoms with Gasteiger partial charge in [0, 0.05) is 29.2 Å². The predicted octanol–water partition coefficient (Wildman–Crippen LogP) is 1.74. The first-order valence-corrected chi connectivity index (χ1v) is 6.92. The van der Waals surface area contributed by atoms with Gasteiger partial charge in [0.2, 0.25) is 5.91 Å². The van der Waals surface area contributed by atoms with Crippen molar-refractivity contribution in [2.45, 2.75) is 18.9 Å². The van der Waals surface area contributed by atoms with E-state index in [-0.39, 0.29) is 0 Å². The number of carbonyl (C=O) groups is 1. The Bertz CT molecular complexity index is 450. The number of nitrogens with two attached hydrogens (primary N) is 1. The van der Waals surface area contributed by atoms with Gasteiger partial charge in [-0.25, -0.2) is 0 Å². The summed E-state index contributed by atoms with van der Waals surface area (Å²) in [7, 11) is 2.00. The predicted molar refractivity (Wildman–Crippen MR) is 77.0 cm³/mol. The lowest BCUT2D eigenvalue weighted by molar-refractivity contribution is 0.100. The maximum atomic E-state index is 11.1. The van der Waals surface area contributed by atoms with Crippen molar-refractivity contribution in [3.8, 4) is 0 Å². The Morgan fingerprint density at radius 2 is 2.33 bits per heavy atom. The van der Waals surface area contributed by atoms with Gasteiger partial charge in [-0.1, -0.05) is 0 Å². The van der Waals surface area contributed by atoms with E-state index < -0.39 is 5.91 Å². The molecule has 1 atom stereocenters. The molecule has 4 nitrogen and oxygen atoms in total. The molecule has 1 heterocycles. The van der Waals surface area contributed by atoms with Gasteiger partial charge in [-0.05, 0) is 54.0 Å². The maximum Gasteiger partial charge on any atom is 0.248 e. The molecule has 0 saturated carbocycles. The molecule has 1 saturated heterocycles. The number of hydrogen-bond acceptors (Lipinski definition) is 3. The van der Waals surface area contributed by atoms with Gasteiger partial charge in [0.1, 0.15) is 0 Å². The van der Waals surface area contributed by atoms with Gasteiger partial charge < -0.3 is 16.0 Å². The minimum atomic E-state index is -0.394. The Hall–Kier alpha value is -1.07. The van der Waals surface area contributed by atoms with Crippen LogP contribution < -0.4 is 16.0 Å². The molecule has 0 bridgehead atoms. The summed E-state index contributed by atoms with van der Waals surface area (Å²) in [5, 5.41) is 3.32. The van der Waals surface area contributed by atoms with Crippen LogP contribution in [0.5, 0.6) is 0 Å². The first-order valence-electron chi connectivity index (χ1n) is 6.13. The average Bonchev–Trinajstić information content (AvgIpc) is 2.38. The Labute approximate surface area is 116 Å². The lowest BCUT2D eigenvalue weighted by atomic mass is 10.0. The summed E-state index contributed by atoms with van der Waals surface area (Å²) in [5.41, 5.74) is 6.93. The third kappa shape index (κ3) is 2.84. The van der Waals surface area contributed by atoms with E-state index in [2.05, 4.69) is 26.1 Å². The van der Waals surface area contributed by atoms with Crippen LogP contribution in [0.15, 0.2) is 22.7 Å². The highest BCUT2D eigenvalue weighted by molar-refractivity contribution is 9.10. The fourth-order valence-corrected chi connectivity index (χ4v) is 2.98. The first-order chi connectivity index (χ1) is 8.61. The molecule has 0 spiro atoms. The summed E-state index contributed by atoms with van der Waals surface area (Å²) >= 11 is 3.52. The zero-order valence-electron chi connectivity index (χ0n) is 10.4. The molecule has 0 aliphatic carbocycles. The van der Waals surface area contributed by atoms with Gasteiger partial charge in [0.05, 0.1) is 5.69 Å². The van der Waals surface area contributed by atoms with Crippen LogP contribution in [0.3, 0.4) is 0 Å². The van der Waals surface area contributed by atoms with E-state index in [1.54, 1.807) is 12.1 Å². The van der Waals surface area contributed by atoms with Crippen molar-refractivity contribution < 1.29 is 4.79 Å². The van der Waals surface area contributed by atoms with Gasteiger partial charge in [-0.2, -0.15) is 0 Å². The largest absolute Gasteiger partial charge is 0.369 e. The topological polar surface area (TPSA) is 58.4 Å². The lowest BCUT2D eigenvalue weighted by Crippen LogP contribution is -2.44. The van der Waals surface area contributed by atoms with E-state index >= 15 is 0 Å². The SMILES string of the molecule is CNC1CCCN(c2ccc(C(N)=O)cc2Br)C1. The number of halogens is 1. The van der Waals surface area contributed by atoms with Crippen LogP contribution in [0.2, 0.25) is 0 Å². The molecule has 2 rings (SSSR count). The molecular weight excluding hydrogens is 294 g/mol. The number of amides is 1. The highest BCUT2D eigenvalue weighted by atomic mass is 79.9. The van der Waals surface area contributed by atoms with Crippen molar-refractivity contribution in [3.63, 3.8) is 0 Å². The summed E-state index contributed by atoms with van der Waals surface area (Å²) in [6.07, 6.45) is 2.39. The molecule has 1 aromatic carbocycles. The zero-order chi connectivity index (χ0) is 13.1. The lowest BCUT2D eigenvalue weighted by Gasteiger charge is -2.34. The summed E-state index contributed by atoms with van der Waals surface area (Å²) in [6, 6.07) is 6.07. The van der Waals surface area contributed by atoms with Crippen molar-refractivity contribution in [3.05, 3.63) is 28.2 Å². The van der Waals surface area contributed by atoms with Crippen LogP contribution in [-0.4, -0.2) is 32.1 Å². The van der Waals surface area contributed by atoms with E-state index in [0.717, 1.165) is 23.2 Å². The van der Waals surface area contributed by atoms with Gasteiger partial charge in [0.25, 0.3) is 0 Å². The number of primary amides is 1. The average molecular weight is 312 g/mol. The number of likely N-dealkylation sites (N-methyl/N-ethyl adjacent to an activating group) is 1. The van der Waals surface area contributed by atoms with Crippen molar-refractivity contribution in [2.75, 3.05) is 25.0 Å². The molecule has 1 unspecified atom stereocenters. The Morgan fingerprint density at radius 3 is 2.94 bits per heavy atom. The smallest absolute Gasteiger partial charge is 0.248 e. The molecule has 0 radical (unpaired) electrons. The number of nitrogens with zero attached hydrogens (tertiary/aromatic N) is 1. The number of hydrogen-bond donors (Lipinski definition) is 2.